The summed E-state index contributed by atoms with van der Waals surface area (Å²) in [4.78, 5) is 2.26. The number of nitrogens with zero attached hydrogens (tertiary/aromatic N) is 2. The molecular formula is C17H25N2O. The van der Waals surface area contributed by atoms with Crippen LogP contribution >= 0.6 is 0 Å². The van der Waals surface area contributed by atoms with E-state index in [-0.39, 0.29) is 0 Å². The van der Waals surface area contributed by atoms with Gasteiger partial charge in [-0.15, -0.1) is 10.3 Å². The molecule has 0 amide bonds. The topological polar surface area (TPSA) is 26.4 Å². The Balaban J connectivity index is 2.06. The third-order valence-corrected chi connectivity index (χ3v) is 4.08. The predicted molar refractivity (Wildman–Crippen MR) is 81.5 cm³/mol. The van der Waals surface area contributed by atoms with Gasteiger partial charge in [-0.1, -0.05) is 36.4 Å². The molecule has 0 spiro atoms. The highest BCUT2D eigenvalue weighted by atomic mass is 16.5. The fraction of sp³-hybridized carbons (Fsp3) is 0.529. The molecule has 2 rings (SSSR count). The highest BCUT2D eigenvalue weighted by molar-refractivity contribution is 5.30. The van der Waals surface area contributed by atoms with Crippen LogP contribution in [0.1, 0.15) is 33.3 Å². The Morgan fingerprint density at radius 2 is 1.65 bits per heavy atom. The van der Waals surface area contributed by atoms with Crippen LogP contribution in [-0.2, 0) is 11.8 Å². The molecule has 109 valence electrons. The van der Waals surface area contributed by atoms with Crippen molar-refractivity contribution < 1.29 is 5.21 Å². The molecule has 0 atom stereocenters. The summed E-state index contributed by atoms with van der Waals surface area (Å²) in [6, 6.07) is 10.4. The number of likely N-dealkylation sites (N-methyl/N-ethyl adjacent to an activating group) is 1. The van der Waals surface area contributed by atoms with Gasteiger partial charge in [0.25, 0.3) is 0 Å². The van der Waals surface area contributed by atoms with Crippen LogP contribution in [0.2, 0.25) is 0 Å². The Labute approximate surface area is 122 Å². The molecule has 1 aromatic carbocycles. The molecule has 1 aliphatic heterocycles. The first-order chi connectivity index (χ1) is 9.23. The second-order valence-corrected chi connectivity index (χ2v) is 6.83. The molecule has 0 aliphatic carbocycles. The first kappa shape index (κ1) is 15.2. The summed E-state index contributed by atoms with van der Waals surface area (Å²) in [7, 11) is 2.10. The van der Waals surface area contributed by atoms with Gasteiger partial charge >= 0.3 is 0 Å². The van der Waals surface area contributed by atoms with Gasteiger partial charge in [-0.3, -0.25) is 4.90 Å². The number of hydrogen-bond donors (Lipinski definition) is 0. The van der Waals surface area contributed by atoms with Crippen LogP contribution in [0.4, 0.5) is 0 Å². The van der Waals surface area contributed by atoms with E-state index in [4.69, 9.17) is 0 Å². The normalized spacial score (nSPS) is 21.2. The Morgan fingerprint density at radius 3 is 2.15 bits per heavy atom. The third kappa shape index (κ3) is 2.95. The maximum atomic E-state index is 12.3. The molecule has 0 aromatic heterocycles. The van der Waals surface area contributed by atoms with Crippen molar-refractivity contribution in [3.63, 3.8) is 0 Å². The molecule has 0 unspecified atom stereocenters. The minimum atomic E-state index is -0.422. The van der Waals surface area contributed by atoms with Crippen LogP contribution in [0.5, 0.6) is 0 Å². The van der Waals surface area contributed by atoms with E-state index in [2.05, 4.69) is 42.3 Å². The average Bonchev–Trinajstić information content (AvgIpc) is 2.51. The first-order valence-electron chi connectivity index (χ1n) is 7.15. The molecule has 0 N–H and O–H groups in total. The van der Waals surface area contributed by atoms with E-state index in [1.807, 2.05) is 33.8 Å². The van der Waals surface area contributed by atoms with Crippen LogP contribution in [0.25, 0.3) is 0 Å². The maximum absolute atomic E-state index is 12.3. The number of rotatable bonds is 4. The summed E-state index contributed by atoms with van der Waals surface area (Å²) in [5.74, 6) is 0. The summed E-state index contributed by atoms with van der Waals surface area (Å²) in [6.07, 6.45) is 2.13. The lowest BCUT2D eigenvalue weighted by molar-refractivity contribution is -0.238. The van der Waals surface area contributed by atoms with E-state index >= 15 is 0 Å². The van der Waals surface area contributed by atoms with Crippen molar-refractivity contribution in [3.8, 4) is 0 Å². The molecule has 3 nitrogen and oxygen atoms in total. The Hall–Kier alpha value is -1.16. The fourth-order valence-corrected chi connectivity index (χ4v) is 2.99. The largest absolute Gasteiger partial charge is 0.298 e. The molecule has 20 heavy (non-hydrogen) atoms. The summed E-state index contributed by atoms with van der Waals surface area (Å²) < 4.78 is 0. The van der Waals surface area contributed by atoms with Gasteiger partial charge in [0.2, 0.25) is 0 Å². The number of benzene rings is 1. The molecular weight excluding hydrogens is 248 g/mol. The Bertz CT molecular complexity index is 491. The zero-order valence-corrected chi connectivity index (χ0v) is 13.2. The lowest BCUT2D eigenvalue weighted by Gasteiger charge is -2.34. The lowest BCUT2D eigenvalue weighted by Crippen LogP contribution is -2.47. The van der Waals surface area contributed by atoms with Crippen molar-refractivity contribution in [2.75, 3.05) is 13.6 Å². The second-order valence-electron chi connectivity index (χ2n) is 6.83. The zero-order valence-electron chi connectivity index (χ0n) is 13.2. The summed E-state index contributed by atoms with van der Waals surface area (Å²) >= 11 is 0. The number of hydroxylamine groups is 2. The van der Waals surface area contributed by atoms with Gasteiger partial charge in [-0.05, 0) is 45.9 Å². The maximum Gasteiger partial charge on any atom is 0.0668 e. The van der Waals surface area contributed by atoms with Crippen molar-refractivity contribution in [1.82, 2.24) is 9.96 Å². The van der Waals surface area contributed by atoms with E-state index in [0.717, 1.165) is 13.1 Å². The summed E-state index contributed by atoms with van der Waals surface area (Å²) in [6.45, 7) is 9.70. The van der Waals surface area contributed by atoms with Gasteiger partial charge < -0.3 is 0 Å². The summed E-state index contributed by atoms with van der Waals surface area (Å²) in [5, 5.41) is 13.6. The molecule has 0 bridgehead atoms. The van der Waals surface area contributed by atoms with Gasteiger partial charge in [0.05, 0.1) is 11.1 Å². The van der Waals surface area contributed by atoms with Crippen molar-refractivity contribution in [2.45, 2.75) is 45.3 Å². The quantitative estimate of drug-likeness (QED) is 0.787. The average molecular weight is 273 g/mol. The standard InChI is InChI=1S/C17H25N2O/c1-16(2)11-15(17(3,4)19(16)20)13-18(5)12-14-9-7-6-8-10-14/h6-11H,12-13H2,1-5H3. The van der Waals surface area contributed by atoms with Crippen LogP contribution in [0.3, 0.4) is 0 Å². The van der Waals surface area contributed by atoms with Gasteiger partial charge in [-0.2, -0.15) is 0 Å². The Morgan fingerprint density at radius 1 is 1.05 bits per heavy atom. The third-order valence-electron chi connectivity index (χ3n) is 4.08. The molecule has 3 heteroatoms. The monoisotopic (exact) mass is 273 g/mol. The molecule has 1 aromatic rings. The minimum Gasteiger partial charge on any atom is -0.298 e. The van der Waals surface area contributed by atoms with Crippen LogP contribution in [0, 0.1) is 0 Å². The van der Waals surface area contributed by atoms with Gasteiger partial charge in [0.1, 0.15) is 0 Å². The van der Waals surface area contributed by atoms with E-state index in [1.165, 1.54) is 16.2 Å². The molecule has 1 heterocycles. The van der Waals surface area contributed by atoms with Gasteiger partial charge in [0.15, 0.2) is 0 Å². The SMILES string of the molecule is CN(CC1=CC(C)(C)N([O])C1(C)C)Cc1ccccc1. The number of hydrogen-bond acceptors (Lipinski definition) is 2. The smallest absolute Gasteiger partial charge is 0.0668 e. The Kier molecular flexibility index (Phi) is 4.05. The van der Waals surface area contributed by atoms with Crippen LogP contribution < -0.4 is 0 Å². The molecule has 1 radical (unpaired) electrons. The van der Waals surface area contributed by atoms with E-state index in [9.17, 15) is 5.21 Å². The van der Waals surface area contributed by atoms with Gasteiger partial charge in [0, 0.05) is 13.1 Å². The highest BCUT2D eigenvalue weighted by Crippen LogP contribution is 2.38. The minimum absolute atomic E-state index is 0.410. The van der Waals surface area contributed by atoms with Crippen molar-refractivity contribution >= 4 is 0 Å². The van der Waals surface area contributed by atoms with Crippen molar-refractivity contribution in [1.29, 1.82) is 0 Å². The molecule has 0 fully saturated rings. The van der Waals surface area contributed by atoms with E-state index in [1.54, 1.807) is 0 Å². The molecule has 0 saturated carbocycles. The lowest BCUT2D eigenvalue weighted by atomic mass is 9.96. The van der Waals surface area contributed by atoms with Gasteiger partial charge in [-0.25, -0.2) is 0 Å². The van der Waals surface area contributed by atoms with E-state index in [0.29, 0.717) is 0 Å². The van der Waals surface area contributed by atoms with Crippen LogP contribution in [0.15, 0.2) is 42.0 Å². The zero-order chi connectivity index (χ0) is 15.0. The first-order valence-corrected chi connectivity index (χ1v) is 7.15. The highest BCUT2D eigenvalue weighted by Gasteiger charge is 2.46. The second kappa shape index (κ2) is 5.32. The van der Waals surface area contributed by atoms with Crippen LogP contribution in [-0.4, -0.2) is 34.6 Å². The summed E-state index contributed by atoms with van der Waals surface area (Å²) in [5.41, 5.74) is 1.67. The van der Waals surface area contributed by atoms with Crippen molar-refractivity contribution in [2.24, 2.45) is 0 Å². The van der Waals surface area contributed by atoms with E-state index < -0.39 is 11.1 Å². The molecule has 1 aliphatic rings. The predicted octanol–water partition coefficient (Wildman–Crippen LogP) is 3.26. The molecule has 0 saturated heterocycles. The fourth-order valence-electron chi connectivity index (χ4n) is 2.99. The van der Waals surface area contributed by atoms with Crippen molar-refractivity contribution in [3.05, 3.63) is 47.5 Å².